The lowest BCUT2D eigenvalue weighted by atomic mass is 9.99. The number of ether oxygens (including phenoxy) is 1. The van der Waals surface area contributed by atoms with Gasteiger partial charge in [-0.1, -0.05) is 19.1 Å². The number of hydrogen-bond acceptors (Lipinski definition) is 3. The summed E-state index contributed by atoms with van der Waals surface area (Å²) in [6, 6.07) is 15.8. The van der Waals surface area contributed by atoms with Crippen LogP contribution >= 0.6 is 0 Å². The molecule has 1 fully saturated rings. The number of benzene rings is 2. The maximum Gasteiger partial charge on any atom is 0.251 e. The van der Waals surface area contributed by atoms with Gasteiger partial charge >= 0.3 is 0 Å². The molecule has 0 aromatic heterocycles. The molecule has 1 heterocycles. The summed E-state index contributed by atoms with van der Waals surface area (Å²) in [5.41, 5.74) is 3.03. The summed E-state index contributed by atoms with van der Waals surface area (Å²) in [4.78, 5) is 14.9. The van der Waals surface area contributed by atoms with Crippen molar-refractivity contribution in [3.63, 3.8) is 0 Å². The van der Waals surface area contributed by atoms with Crippen molar-refractivity contribution in [3.05, 3.63) is 59.7 Å². The van der Waals surface area contributed by atoms with E-state index in [1.54, 1.807) is 12.1 Å². The molecule has 0 radical (unpaired) electrons. The van der Waals surface area contributed by atoms with E-state index in [0.717, 1.165) is 30.3 Å². The third kappa shape index (κ3) is 5.03. The number of piperidine rings is 1. The lowest BCUT2D eigenvalue weighted by molar-refractivity contribution is 0.0940. The van der Waals surface area contributed by atoms with Crippen LogP contribution in [0.4, 0.5) is 5.69 Å². The van der Waals surface area contributed by atoms with E-state index in [2.05, 4.69) is 41.4 Å². The predicted octanol–water partition coefficient (Wildman–Crippen LogP) is 4.81. The van der Waals surface area contributed by atoms with Gasteiger partial charge in [0.1, 0.15) is 5.75 Å². The van der Waals surface area contributed by atoms with Crippen molar-refractivity contribution in [2.24, 2.45) is 5.92 Å². The van der Waals surface area contributed by atoms with E-state index in [1.807, 2.05) is 26.0 Å². The summed E-state index contributed by atoms with van der Waals surface area (Å²) in [7, 11) is 0. The Morgan fingerprint density at radius 1 is 1.19 bits per heavy atom. The standard InChI is InChI=1S/C23H30N2O2/c1-4-27-22-13-9-20(10-14-22)23(26)24-18(3)19-7-11-21(12-8-19)25-15-5-6-17(2)16-25/h7-14,17-18H,4-6,15-16H2,1-3H3,(H,24,26)/t17-,18+/m1/s1. The maximum atomic E-state index is 12.5. The van der Waals surface area contributed by atoms with Crippen LogP contribution in [0.3, 0.4) is 0 Å². The molecular formula is C23H30N2O2. The van der Waals surface area contributed by atoms with Crippen LogP contribution < -0.4 is 15.0 Å². The molecule has 1 saturated heterocycles. The molecule has 1 N–H and O–H groups in total. The lowest BCUT2D eigenvalue weighted by Crippen LogP contribution is -2.34. The molecule has 4 heteroatoms. The van der Waals surface area contributed by atoms with Gasteiger partial charge in [0.25, 0.3) is 5.91 Å². The molecular weight excluding hydrogens is 336 g/mol. The highest BCUT2D eigenvalue weighted by Crippen LogP contribution is 2.24. The molecule has 0 spiro atoms. The maximum absolute atomic E-state index is 12.5. The van der Waals surface area contributed by atoms with E-state index >= 15 is 0 Å². The molecule has 4 nitrogen and oxygen atoms in total. The number of rotatable bonds is 6. The van der Waals surface area contributed by atoms with Gasteiger partial charge in [0.05, 0.1) is 12.6 Å². The molecule has 0 saturated carbocycles. The van der Waals surface area contributed by atoms with Gasteiger partial charge in [-0.2, -0.15) is 0 Å². The number of hydrogen-bond donors (Lipinski definition) is 1. The Hall–Kier alpha value is -2.49. The summed E-state index contributed by atoms with van der Waals surface area (Å²) < 4.78 is 5.42. The highest BCUT2D eigenvalue weighted by Gasteiger charge is 2.17. The van der Waals surface area contributed by atoms with Gasteiger partial charge in [0.2, 0.25) is 0 Å². The van der Waals surface area contributed by atoms with Crippen molar-refractivity contribution < 1.29 is 9.53 Å². The molecule has 3 rings (SSSR count). The van der Waals surface area contributed by atoms with Gasteiger partial charge in [-0.15, -0.1) is 0 Å². The van der Waals surface area contributed by atoms with Crippen LogP contribution in [0.5, 0.6) is 5.75 Å². The second-order valence-corrected chi connectivity index (χ2v) is 7.44. The van der Waals surface area contributed by atoms with Gasteiger partial charge in [-0.25, -0.2) is 0 Å². The molecule has 2 aromatic carbocycles. The van der Waals surface area contributed by atoms with Crippen molar-refractivity contribution in [1.29, 1.82) is 0 Å². The van der Waals surface area contributed by atoms with Crippen molar-refractivity contribution in [3.8, 4) is 5.75 Å². The number of anilines is 1. The number of nitrogens with zero attached hydrogens (tertiary/aromatic N) is 1. The lowest BCUT2D eigenvalue weighted by Gasteiger charge is -2.33. The zero-order chi connectivity index (χ0) is 19.2. The Kier molecular flexibility index (Phi) is 6.38. The fraction of sp³-hybridized carbons (Fsp3) is 0.435. The Bertz CT molecular complexity index is 740. The normalized spacial score (nSPS) is 18.0. The summed E-state index contributed by atoms with van der Waals surface area (Å²) in [5.74, 6) is 1.47. The fourth-order valence-corrected chi connectivity index (χ4v) is 3.63. The van der Waals surface area contributed by atoms with Gasteiger partial charge in [-0.3, -0.25) is 4.79 Å². The second kappa shape index (κ2) is 8.94. The predicted molar refractivity (Wildman–Crippen MR) is 111 cm³/mol. The van der Waals surface area contributed by atoms with E-state index in [4.69, 9.17) is 4.74 Å². The molecule has 2 atom stereocenters. The zero-order valence-electron chi connectivity index (χ0n) is 16.6. The molecule has 1 aliphatic rings. The molecule has 0 unspecified atom stereocenters. The largest absolute Gasteiger partial charge is 0.494 e. The smallest absolute Gasteiger partial charge is 0.251 e. The monoisotopic (exact) mass is 366 g/mol. The molecule has 1 amide bonds. The van der Waals surface area contributed by atoms with Crippen LogP contribution in [0.25, 0.3) is 0 Å². The van der Waals surface area contributed by atoms with E-state index in [1.165, 1.54) is 18.5 Å². The average Bonchev–Trinajstić information content (AvgIpc) is 2.69. The van der Waals surface area contributed by atoms with E-state index in [0.29, 0.717) is 12.2 Å². The highest BCUT2D eigenvalue weighted by molar-refractivity contribution is 5.94. The molecule has 144 valence electrons. The minimum atomic E-state index is -0.0699. The highest BCUT2D eigenvalue weighted by atomic mass is 16.5. The Morgan fingerprint density at radius 3 is 2.52 bits per heavy atom. The minimum absolute atomic E-state index is 0.0432. The average molecular weight is 367 g/mol. The van der Waals surface area contributed by atoms with Crippen LogP contribution in [0, 0.1) is 5.92 Å². The first-order valence-corrected chi connectivity index (χ1v) is 9.95. The van der Waals surface area contributed by atoms with E-state index < -0.39 is 0 Å². The summed E-state index contributed by atoms with van der Waals surface area (Å²) in [6.07, 6.45) is 2.58. The number of nitrogens with one attached hydrogen (secondary N) is 1. The third-order valence-electron chi connectivity index (χ3n) is 5.19. The Labute approximate surface area is 162 Å². The van der Waals surface area contributed by atoms with Crippen molar-refractivity contribution in [1.82, 2.24) is 5.32 Å². The van der Waals surface area contributed by atoms with Crippen LogP contribution in [0.15, 0.2) is 48.5 Å². The van der Waals surface area contributed by atoms with Crippen LogP contribution in [-0.2, 0) is 0 Å². The SMILES string of the molecule is CCOc1ccc(C(=O)N[C@@H](C)c2ccc(N3CCC[C@@H](C)C3)cc2)cc1. The van der Waals surface area contributed by atoms with E-state index in [9.17, 15) is 4.79 Å². The summed E-state index contributed by atoms with van der Waals surface area (Å²) >= 11 is 0. The van der Waals surface area contributed by atoms with Crippen LogP contribution in [0.1, 0.15) is 55.6 Å². The number of carbonyl (C=O) groups is 1. The van der Waals surface area contributed by atoms with Gasteiger partial charge in [0.15, 0.2) is 0 Å². The summed E-state index contributed by atoms with van der Waals surface area (Å²) in [5, 5.41) is 3.08. The Morgan fingerprint density at radius 2 is 1.89 bits per heavy atom. The first kappa shape index (κ1) is 19.3. The Balaban J connectivity index is 1.60. The first-order valence-electron chi connectivity index (χ1n) is 9.95. The van der Waals surface area contributed by atoms with Crippen LogP contribution in [-0.4, -0.2) is 25.6 Å². The molecule has 0 aliphatic carbocycles. The molecule has 1 aliphatic heterocycles. The topological polar surface area (TPSA) is 41.6 Å². The third-order valence-corrected chi connectivity index (χ3v) is 5.19. The second-order valence-electron chi connectivity index (χ2n) is 7.44. The quantitative estimate of drug-likeness (QED) is 0.797. The first-order chi connectivity index (χ1) is 13.1. The molecule has 27 heavy (non-hydrogen) atoms. The van der Waals surface area contributed by atoms with E-state index in [-0.39, 0.29) is 11.9 Å². The minimum Gasteiger partial charge on any atom is -0.494 e. The molecule has 2 aromatic rings. The van der Waals surface area contributed by atoms with Gasteiger partial charge < -0.3 is 15.0 Å². The van der Waals surface area contributed by atoms with Crippen molar-refractivity contribution in [2.75, 3.05) is 24.6 Å². The molecule has 0 bridgehead atoms. The van der Waals surface area contributed by atoms with Crippen molar-refractivity contribution in [2.45, 2.75) is 39.7 Å². The van der Waals surface area contributed by atoms with Crippen molar-refractivity contribution >= 4 is 11.6 Å². The fourth-order valence-electron chi connectivity index (χ4n) is 3.63. The summed E-state index contributed by atoms with van der Waals surface area (Å²) in [6.45, 7) is 9.16. The van der Waals surface area contributed by atoms with Crippen LogP contribution in [0.2, 0.25) is 0 Å². The number of carbonyl (C=O) groups excluding carboxylic acids is 1. The van der Waals surface area contributed by atoms with Gasteiger partial charge in [-0.05, 0) is 74.6 Å². The zero-order valence-corrected chi connectivity index (χ0v) is 16.6. The van der Waals surface area contributed by atoms with Gasteiger partial charge in [0, 0.05) is 24.3 Å². The number of amides is 1.